The maximum atomic E-state index is 12.0. The third-order valence-corrected chi connectivity index (χ3v) is 3.25. The highest BCUT2D eigenvalue weighted by Crippen LogP contribution is 2.11. The van der Waals surface area contributed by atoms with E-state index in [2.05, 4.69) is 20.7 Å². The van der Waals surface area contributed by atoms with Crippen molar-refractivity contribution in [1.82, 2.24) is 14.9 Å². The standard InChI is InChI=1S/C13H22N6O2/c1-2-10-16-11(9-12(17-10)18-14)15-4-3-13(20)19-5-7-21-8-6-19/h9H,2-8,14H2,1H3,(H2,15,16,17,18). The number of nitrogens with two attached hydrogens (primary N) is 1. The van der Waals surface area contributed by atoms with Gasteiger partial charge in [-0.3, -0.25) is 4.79 Å². The topological polar surface area (TPSA) is 105 Å². The molecule has 0 radical (unpaired) electrons. The molecule has 1 aliphatic heterocycles. The second kappa shape index (κ2) is 7.75. The zero-order valence-corrected chi connectivity index (χ0v) is 12.3. The lowest BCUT2D eigenvalue weighted by Gasteiger charge is -2.26. The first-order chi connectivity index (χ1) is 10.2. The lowest BCUT2D eigenvalue weighted by molar-refractivity contribution is -0.134. The van der Waals surface area contributed by atoms with Crippen LogP contribution in [0.2, 0.25) is 0 Å². The Hall–Kier alpha value is -1.93. The van der Waals surface area contributed by atoms with E-state index in [1.807, 2.05) is 11.8 Å². The Kier molecular flexibility index (Phi) is 5.70. The van der Waals surface area contributed by atoms with Crippen molar-refractivity contribution in [2.75, 3.05) is 43.6 Å². The van der Waals surface area contributed by atoms with Crippen LogP contribution in [0.4, 0.5) is 11.6 Å². The number of morpholine rings is 1. The molecule has 0 saturated carbocycles. The number of aromatic nitrogens is 2. The van der Waals surface area contributed by atoms with Gasteiger partial charge < -0.3 is 20.4 Å². The van der Waals surface area contributed by atoms with Crippen molar-refractivity contribution in [2.24, 2.45) is 5.84 Å². The molecule has 0 unspecified atom stereocenters. The Morgan fingerprint density at radius 2 is 2.10 bits per heavy atom. The van der Waals surface area contributed by atoms with Crippen molar-refractivity contribution in [3.05, 3.63) is 11.9 Å². The second-order valence-corrected chi connectivity index (χ2v) is 4.72. The first-order valence-electron chi connectivity index (χ1n) is 7.17. The van der Waals surface area contributed by atoms with Crippen LogP contribution in [0.25, 0.3) is 0 Å². The maximum absolute atomic E-state index is 12.0. The Bertz CT molecular complexity index is 453. The van der Waals surface area contributed by atoms with Crippen LogP contribution in [0.3, 0.4) is 0 Å². The van der Waals surface area contributed by atoms with Crippen molar-refractivity contribution >= 4 is 17.5 Å². The summed E-state index contributed by atoms with van der Waals surface area (Å²) in [5.74, 6) is 7.44. The average molecular weight is 294 g/mol. The maximum Gasteiger partial charge on any atom is 0.224 e. The minimum absolute atomic E-state index is 0.132. The zero-order valence-electron chi connectivity index (χ0n) is 12.3. The number of nitrogens with one attached hydrogen (secondary N) is 2. The van der Waals surface area contributed by atoms with Crippen LogP contribution in [0.15, 0.2) is 6.07 Å². The molecule has 1 aliphatic rings. The number of rotatable bonds is 6. The molecule has 0 aliphatic carbocycles. The van der Waals surface area contributed by atoms with Gasteiger partial charge in [0.15, 0.2) is 0 Å². The van der Waals surface area contributed by atoms with Crippen LogP contribution in [-0.2, 0) is 16.0 Å². The molecule has 0 bridgehead atoms. The van der Waals surface area contributed by atoms with Gasteiger partial charge >= 0.3 is 0 Å². The minimum Gasteiger partial charge on any atom is -0.378 e. The number of hydrazine groups is 1. The monoisotopic (exact) mass is 294 g/mol. The van der Waals surface area contributed by atoms with E-state index < -0.39 is 0 Å². The SMILES string of the molecule is CCc1nc(NN)cc(NCCC(=O)N2CCOCC2)n1. The molecule has 1 saturated heterocycles. The molecule has 8 heteroatoms. The first kappa shape index (κ1) is 15.5. The molecule has 4 N–H and O–H groups in total. The van der Waals surface area contributed by atoms with Crippen molar-refractivity contribution in [3.8, 4) is 0 Å². The summed E-state index contributed by atoms with van der Waals surface area (Å²) >= 11 is 0. The van der Waals surface area contributed by atoms with Gasteiger partial charge in [-0.05, 0) is 0 Å². The van der Waals surface area contributed by atoms with Crippen molar-refractivity contribution in [1.29, 1.82) is 0 Å². The number of hydrogen-bond acceptors (Lipinski definition) is 7. The van der Waals surface area contributed by atoms with Crippen LogP contribution >= 0.6 is 0 Å². The van der Waals surface area contributed by atoms with Crippen LogP contribution in [0, 0.1) is 0 Å². The average Bonchev–Trinajstić information content (AvgIpc) is 2.55. The van der Waals surface area contributed by atoms with Gasteiger partial charge in [0.2, 0.25) is 5.91 Å². The summed E-state index contributed by atoms with van der Waals surface area (Å²) in [6, 6.07) is 1.72. The Balaban J connectivity index is 1.83. The van der Waals surface area contributed by atoms with Crippen LogP contribution in [-0.4, -0.2) is 53.6 Å². The number of aryl methyl sites for hydroxylation is 1. The molecule has 0 atom stereocenters. The molecule has 2 heterocycles. The quantitative estimate of drug-likeness (QED) is 0.500. The minimum atomic E-state index is 0.132. The number of carbonyl (C=O) groups excluding carboxylic acids is 1. The van der Waals surface area contributed by atoms with Gasteiger partial charge in [-0.2, -0.15) is 0 Å². The summed E-state index contributed by atoms with van der Waals surface area (Å²) < 4.78 is 5.23. The molecule has 1 aromatic rings. The van der Waals surface area contributed by atoms with Gasteiger partial charge in [0, 0.05) is 38.5 Å². The zero-order chi connectivity index (χ0) is 15.1. The van der Waals surface area contributed by atoms with E-state index in [1.54, 1.807) is 6.07 Å². The Morgan fingerprint density at radius 1 is 1.38 bits per heavy atom. The van der Waals surface area contributed by atoms with E-state index >= 15 is 0 Å². The van der Waals surface area contributed by atoms with Gasteiger partial charge in [-0.1, -0.05) is 6.92 Å². The van der Waals surface area contributed by atoms with Gasteiger partial charge in [0.25, 0.3) is 0 Å². The summed E-state index contributed by atoms with van der Waals surface area (Å²) in [6.07, 6.45) is 1.15. The molecule has 0 spiro atoms. The van der Waals surface area contributed by atoms with E-state index in [0.717, 1.165) is 6.42 Å². The highest BCUT2D eigenvalue weighted by molar-refractivity contribution is 5.76. The number of anilines is 2. The van der Waals surface area contributed by atoms with Crippen LogP contribution in [0.1, 0.15) is 19.2 Å². The molecular formula is C13H22N6O2. The highest BCUT2D eigenvalue weighted by atomic mass is 16.5. The predicted octanol–water partition coefficient (Wildman–Crippen LogP) is -0.0146. The van der Waals surface area contributed by atoms with E-state index in [0.29, 0.717) is 56.7 Å². The van der Waals surface area contributed by atoms with Crippen molar-refractivity contribution in [2.45, 2.75) is 19.8 Å². The molecule has 0 aromatic carbocycles. The Morgan fingerprint density at radius 3 is 2.76 bits per heavy atom. The smallest absolute Gasteiger partial charge is 0.224 e. The van der Waals surface area contributed by atoms with Crippen molar-refractivity contribution < 1.29 is 9.53 Å². The number of nitrogen functional groups attached to an aromatic ring is 1. The van der Waals surface area contributed by atoms with Gasteiger partial charge in [0.05, 0.1) is 13.2 Å². The number of hydrogen-bond donors (Lipinski definition) is 3. The number of amides is 1. The summed E-state index contributed by atoms with van der Waals surface area (Å²) in [5, 5.41) is 3.14. The summed E-state index contributed by atoms with van der Waals surface area (Å²) in [7, 11) is 0. The van der Waals surface area contributed by atoms with Crippen LogP contribution < -0.4 is 16.6 Å². The van der Waals surface area contributed by atoms with E-state index in [4.69, 9.17) is 10.6 Å². The number of ether oxygens (including phenoxy) is 1. The molecule has 8 nitrogen and oxygen atoms in total. The van der Waals surface area contributed by atoms with E-state index in [9.17, 15) is 4.79 Å². The second-order valence-electron chi connectivity index (χ2n) is 4.72. The fourth-order valence-corrected chi connectivity index (χ4v) is 2.09. The van der Waals surface area contributed by atoms with Crippen LogP contribution in [0.5, 0.6) is 0 Å². The fraction of sp³-hybridized carbons (Fsp3) is 0.615. The van der Waals surface area contributed by atoms with Gasteiger partial charge in [-0.15, -0.1) is 0 Å². The number of nitrogens with zero attached hydrogens (tertiary/aromatic N) is 3. The molecule has 116 valence electrons. The van der Waals surface area contributed by atoms with Gasteiger partial charge in [0.1, 0.15) is 17.5 Å². The molecular weight excluding hydrogens is 272 g/mol. The van der Waals surface area contributed by atoms with E-state index in [1.165, 1.54) is 0 Å². The van der Waals surface area contributed by atoms with Gasteiger partial charge in [-0.25, -0.2) is 15.8 Å². The summed E-state index contributed by atoms with van der Waals surface area (Å²) in [4.78, 5) is 22.4. The van der Waals surface area contributed by atoms with Crippen molar-refractivity contribution in [3.63, 3.8) is 0 Å². The molecule has 2 rings (SSSR count). The summed E-state index contributed by atoms with van der Waals surface area (Å²) in [6.45, 7) is 5.09. The normalized spacial score (nSPS) is 14.9. The Labute approximate surface area is 124 Å². The fourth-order valence-electron chi connectivity index (χ4n) is 2.09. The summed E-state index contributed by atoms with van der Waals surface area (Å²) in [5.41, 5.74) is 2.51. The third-order valence-electron chi connectivity index (χ3n) is 3.25. The lowest BCUT2D eigenvalue weighted by atomic mass is 10.3. The first-order valence-corrected chi connectivity index (χ1v) is 7.17. The largest absolute Gasteiger partial charge is 0.378 e. The van der Waals surface area contributed by atoms with E-state index in [-0.39, 0.29) is 5.91 Å². The lowest BCUT2D eigenvalue weighted by Crippen LogP contribution is -2.41. The number of carbonyl (C=O) groups is 1. The molecule has 21 heavy (non-hydrogen) atoms. The molecule has 1 aromatic heterocycles. The predicted molar refractivity (Wildman–Crippen MR) is 79.7 cm³/mol. The highest BCUT2D eigenvalue weighted by Gasteiger charge is 2.16. The third kappa shape index (κ3) is 4.54. The molecule has 1 fully saturated rings. The molecule has 1 amide bonds.